The van der Waals surface area contributed by atoms with Gasteiger partial charge in [0.2, 0.25) is 0 Å². The van der Waals surface area contributed by atoms with Crippen molar-refractivity contribution >= 4 is 44.9 Å². The van der Waals surface area contributed by atoms with Crippen LogP contribution in [0.4, 0.5) is 5.69 Å². The average Bonchev–Trinajstić information content (AvgIpc) is 2.48. The third kappa shape index (κ3) is 3.96. The summed E-state index contributed by atoms with van der Waals surface area (Å²) in [5.74, 6) is -1.28. The van der Waals surface area contributed by atoms with Crippen LogP contribution in [-0.2, 0) is 14.8 Å². The van der Waals surface area contributed by atoms with Crippen molar-refractivity contribution in [3.63, 3.8) is 0 Å². The van der Waals surface area contributed by atoms with Crippen LogP contribution in [0.3, 0.4) is 0 Å². The van der Waals surface area contributed by atoms with Gasteiger partial charge in [0, 0.05) is 10.0 Å². The first-order valence-corrected chi connectivity index (χ1v) is 8.67. The van der Waals surface area contributed by atoms with E-state index >= 15 is 0 Å². The highest BCUT2D eigenvalue weighted by Gasteiger charge is 2.27. The summed E-state index contributed by atoms with van der Waals surface area (Å²) in [6.07, 6.45) is 0. The Kier molecular flexibility index (Phi) is 5.19. The van der Waals surface area contributed by atoms with Crippen molar-refractivity contribution in [1.29, 1.82) is 0 Å². The molecular weight excluding hydrogens is 361 g/mol. The van der Waals surface area contributed by atoms with Gasteiger partial charge in [0.25, 0.3) is 10.0 Å². The number of halogens is 2. The fourth-order valence-electron chi connectivity index (χ4n) is 1.91. The van der Waals surface area contributed by atoms with Crippen LogP contribution in [0, 0.1) is 6.92 Å². The molecule has 0 aliphatic heterocycles. The monoisotopic (exact) mass is 373 g/mol. The molecule has 2 aromatic rings. The number of sulfonamides is 1. The SMILES string of the molecule is Cc1ccc(N(CC(=O)O)S(=O)(=O)c2ccc(Cl)cc2)cc1Cl. The maximum Gasteiger partial charge on any atom is 0.324 e. The van der Waals surface area contributed by atoms with Gasteiger partial charge < -0.3 is 5.11 Å². The molecule has 1 N–H and O–H groups in total. The molecule has 0 radical (unpaired) electrons. The van der Waals surface area contributed by atoms with E-state index in [1.165, 1.54) is 36.4 Å². The van der Waals surface area contributed by atoms with Gasteiger partial charge in [-0.05, 0) is 48.9 Å². The van der Waals surface area contributed by atoms with E-state index in [1.807, 2.05) is 0 Å². The van der Waals surface area contributed by atoms with Crippen molar-refractivity contribution in [1.82, 2.24) is 0 Å². The third-order valence-electron chi connectivity index (χ3n) is 3.12. The van der Waals surface area contributed by atoms with E-state index in [9.17, 15) is 13.2 Å². The van der Waals surface area contributed by atoms with Crippen molar-refractivity contribution in [2.75, 3.05) is 10.8 Å². The molecule has 0 aromatic heterocycles. The topological polar surface area (TPSA) is 74.7 Å². The summed E-state index contributed by atoms with van der Waals surface area (Å²) < 4.78 is 26.3. The molecule has 0 fully saturated rings. The zero-order chi connectivity index (χ0) is 17.2. The van der Waals surface area contributed by atoms with E-state index in [2.05, 4.69) is 0 Å². The Bertz CT molecular complexity index is 835. The molecule has 8 heteroatoms. The molecule has 0 unspecified atom stereocenters. The predicted octanol–water partition coefficient (Wildman–Crippen LogP) is 3.58. The zero-order valence-corrected chi connectivity index (χ0v) is 14.4. The molecule has 0 bridgehead atoms. The molecule has 0 saturated heterocycles. The molecule has 122 valence electrons. The number of hydrogen-bond acceptors (Lipinski definition) is 3. The van der Waals surface area contributed by atoms with Crippen LogP contribution in [0.25, 0.3) is 0 Å². The molecule has 0 amide bonds. The van der Waals surface area contributed by atoms with E-state index in [1.54, 1.807) is 13.0 Å². The van der Waals surface area contributed by atoms with Crippen LogP contribution in [0.5, 0.6) is 0 Å². The molecule has 0 spiro atoms. The van der Waals surface area contributed by atoms with Gasteiger partial charge in [0.05, 0.1) is 10.6 Å². The Morgan fingerprint density at radius 1 is 1.13 bits per heavy atom. The number of carbonyl (C=O) groups is 1. The van der Waals surface area contributed by atoms with Crippen molar-refractivity contribution in [3.05, 3.63) is 58.1 Å². The van der Waals surface area contributed by atoms with Crippen LogP contribution in [0.2, 0.25) is 10.0 Å². The van der Waals surface area contributed by atoms with Crippen LogP contribution < -0.4 is 4.31 Å². The van der Waals surface area contributed by atoms with Crippen molar-refractivity contribution in [2.24, 2.45) is 0 Å². The average molecular weight is 374 g/mol. The van der Waals surface area contributed by atoms with E-state index in [0.29, 0.717) is 10.0 Å². The van der Waals surface area contributed by atoms with Gasteiger partial charge in [0.1, 0.15) is 6.54 Å². The number of benzene rings is 2. The first-order valence-electron chi connectivity index (χ1n) is 6.48. The quantitative estimate of drug-likeness (QED) is 0.868. The Labute approximate surface area is 144 Å². The molecule has 23 heavy (non-hydrogen) atoms. The summed E-state index contributed by atoms with van der Waals surface area (Å²) >= 11 is 11.8. The number of carboxylic acids is 1. The van der Waals surface area contributed by atoms with Gasteiger partial charge in [-0.2, -0.15) is 0 Å². The second kappa shape index (κ2) is 6.78. The van der Waals surface area contributed by atoms with Crippen LogP contribution in [0.1, 0.15) is 5.56 Å². The summed E-state index contributed by atoms with van der Waals surface area (Å²) in [5.41, 5.74) is 0.938. The van der Waals surface area contributed by atoms with Gasteiger partial charge in [0.15, 0.2) is 0 Å². The molecule has 0 heterocycles. The Morgan fingerprint density at radius 2 is 1.74 bits per heavy atom. The lowest BCUT2D eigenvalue weighted by Crippen LogP contribution is -2.35. The number of aliphatic carboxylic acids is 1. The number of anilines is 1. The Balaban J connectivity index is 2.55. The number of nitrogens with zero attached hydrogens (tertiary/aromatic N) is 1. The predicted molar refractivity (Wildman–Crippen MR) is 89.8 cm³/mol. The smallest absolute Gasteiger partial charge is 0.324 e. The zero-order valence-electron chi connectivity index (χ0n) is 12.0. The highest BCUT2D eigenvalue weighted by Crippen LogP contribution is 2.28. The number of hydrogen-bond donors (Lipinski definition) is 1. The molecule has 0 saturated carbocycles. The van der Waals surface area contributed by atoms with Crippen molar-refractivity contribution < 1.29 is 18.3 Å². The molecular formula is C15H13Cl2NO4S. The van der Waals surface area contributed by atoms with E-state index in [-0.39, 0.29) is 10.6 Å². The van der Waals surface area contributed by atoms with E-state index in [4.69, 9.17) is 28.3 Å². The first-order chi connectivity index (χ1) is 10.7. The number of carboxylic acid groups (broad SMARTS) is 1. The Morgan fingerprint density at radius 3 is 2.26 bits per heavy atom. The molecule has 0 atom stereocenters. The maximum atomic E-state index is 12.8. The largest absolute Gasteiger partial charge is 0.480 e. The number of rotatable bonds is 5. The second-order valence-electron chi connectivity index (χ2n) is 4.79. The maximum absolute atomic E-state index is 12.8. The molecule has 0 aliphatic rings. The minimum Gasteiger partial charge on any atom is -0.480 e. The first kappa shape index (κ1) is 17.6. The standard InChI is InChI=1S/C15H13Cl2NO4S/c1-10-2-5-12(8-14(10)17)18(9-15(19)20)23(21,22)13-6-3-11(16)4-7-13/h2-8H,9H2,1H3,(H,19,20). The summed E-state index contributed by atoms with van der Waals surface area (Å²) in [4.78, 5) is 11.1. The van der Waals surface area contributed by atoms with Crippen LogP contribution >= 0.6 is 23.2 Å². The van der Waals surface area contributed by atoms with Gasteiger partial charge in [-0.1, -0.05) is 29.3 Å². The molecule has 0 aliphatic carbocycles. The second-order valence-corrected chi connectivity index (χ2v) is 7.50. The summed E-state index contributed by atoms with van der Waals surface area (Å²) in [7, 11) is -4.06. The lowest BCUT2D eigenvalue weighted by atomic mass is 10.2. The highest BCUT2D eigenvalue weighted by molar-refractivity contribution is 7.92. The Hall–Kier alpha value is -1.76. The van der Waals surface area contributed by atoms with Gasteiger partial charge >= 0.3 is 5.97 Å². The number of aryl methyl sites for hydroxylation is 1. The lowest BCUT2D eigenvalue weighted by molar-refractivity contribution is -0.135. The summed E-state index contributed by atoms with van der Waals surface area (Å²) in [6, 6.07) is 10.1. The molecule has 2 rings (SSSR count). The van der Waals surface area contributed by atoms with E-state index in [0.717, 1.165) is 9.87 Å². The fraction of sp³-hybridized carbons (Fsp3) is 0.133. The fourth-order valence-corrected chi connectivity index (χ4v) is 3.62. The summed E-state index contributed by atoms with van der Waals surface area (Å²) in [5, 5.41) is 9.80. The van der Waals surface area contributed by atoms with Crippen LogP contribution in [0.15, 0.2) is 47.4 Å². The normalized spacial score (nSPS) is 11.3. The molecule has 5 nitrogen and oxygen atoms in total. The summed E-state index contributed by atoms with van der Waals surface area (Å²) in [6.45, 7) is 1.05. The van der Waals surface area contributed by atoms with E-state index < -0.39 is 22.5 Å². The minimum atomic E-state index is -4.06. The van der Waals surface area contributed by atoms with Gasteiger partial charge in [-0.15, -0.1) is 0 Å². The highest BCUT2D eigenvalue weighted by atomic mass is 35.5. The van der Waals surface area contributed by atoms with Gasteiger partial charge in [-0.25, -0.2) is 8.42 Å². The van der Waals surface area contributed by atoms with Crippen molar-refractivity contribution in [3.8, 4) is 0 Å². The van der Waals surface area contributed by atoms with Crippen molar-refractivity contribution in [2.45, 2.75) is 11.8 Å². The third-order valence-corrected chi connectivity index (χ3v) is 5.57. The molecule has 2 aromatic carbocycles. The van der Waals surface area contributed by atoms with Crippen LogP contribution in [-0.4, -0.2) is 26.0 Å². The van der Waals surface area contributed by atoms with Gasteiger partial charge in [-0.3, -0.25) is 9.10 Å². The minimum absolute atomic E-state index is 0.0557. The lowest BCUT2D eigenvalue weighted by Gasteiger charge is -2.23.